The van der Waals surface area contributed by atoms with Crippen LogP contribution in [0.5, 0.6) is 0 Å². The summed E-state index contributed by atoms with van der Waals surface area (Å²) in [5.74, 6) is -0.851. The van der Waals surface area contributed by atoms with Crippen LogP contribution in [-0.4, -0.2) is 74.9 Å². The maximum Gasteiger partial charge on any atom is 0.472 e. The minimum atomic E-state index is -4.42. The zero-order valence-corrected chi connectivity index (χ0v) is 62.2. The highest BCUT2D eigenvalue weighted by Crippen LogP contribution is 2.43. The highest BCUT2D eigenvalue weighted by molar-refractivity contribution is 7.47. The molecule has 0 rings (SSSR count). The van der Waals surface area contributed by atoms with E-state index in [9.17, 15) is 19.0 Å². The molecule has 0 heterocycles. The summed E-state index contributed by atoms with van der Waals surface area (Å²) >= 11 is 0. The van der Waals surface area contributed by atoms with Crippen molar-refractivity contribution in [3.05, 3.63) is 219 Å². The van der Waals surface area contributed by atoms with E-state index in [0.717, 1.165) is 154 Å². The number of rotatable bonds is 66. The Morgan fingerprint density at radius 3 is 0.844 bits per heavy atom. The molecule has 96 heavy (non-hydrogen) atoms. The third-order valence-electron chi connectivity index (χ3n) is 15.0. The molecular weight excluding hydrogens is 1210 g/mol. The highest BCUT2D eigenvalue weighted by atomic mass is 31.2. The average molecular weight is 1340 g/mol. The Kier molecular flexibility index (Phi) is 69.2. The van der Waals surface area contributed by atoms with Crippen molar-refractivity contribution < 1.29 is 42.1 Å². The molecule has 9 nitrogen and oxygen atoms in total. The molecule has 0 aromatic carbocycles. The molecule has 0 amide bonds. The molecule has 10 heteroatoms. The lowest BCUT2D eigenvalue weighted by Gasteiger charge is -2.24. The van der Waals surface area contributed by atoms with Crippen molar-refractivity contribution in [2.45, 2.75) is 264 Å². The van der Waals surface area contributed by atoms with Gasteiger partial charge in [0.05, 0.1) is 27.7 Å². The number of unbranched alkanes of at least 4 members (excludes halogenated alkanes) is 16. The molecule has 0 fully saturated rings. The minimum Gasteiger partial charge on any atom is -0.462 e. The van der Waals surface area contributed by atoms with E-state index >= 15 is 0 Å². The number of phosphoric ester groups is 1. The van der Waals surface area contributed by atoms with Crippen molar-refractivity contribution in [2.24, 2.45) is 0 Å². The first-order valence-corrected chi connectivity index (χ1v) is 39.0. The molecule has 0 spiro atoms. The van der Waals surface area contributed by atoms with E-state index in [4.69, 9.17) is 18.5 Å². The number of esters is 2. The molecule has 538 valence electrons. The van der Waals surface area contributed by atoms with Gasteiger partial charge in [-0.25, -0.2) is 4.57 Å². The van der Waals surface area contributed by atoms with Crippen LogP contribution in [0.3, 0.4) is 0 Å². The second-order valence-corrected chi connectivity index (χ2v) is 26.7. The fourth-order valence-electron chi connectivity index (χ4n) is 9.35. The Balaban J connectivity index is 4.15. The van der Waals surface area contributed by atoms with Gasteiger partial charge in [0.25, 0.3) is 0 Å². The summed E-state index contributed by atoms with van der Waals surface area (Å²) in [7, 11) is 1.43. The summed E-state index contributed by atoms with van der Waals surface area (Å²) in [6.07, 6.45) is 118. The molecule has 0 aliphatic carbocycles. The Bertz CT molecular complexity index is 2430. The molecular formula is C86H137NO8P+. The van der Waals surface area contributed by atoms with Gasteiger partial charge >= 0.3 is 19.8 Å². The topological polar surface area (TPSA) is 108 Å². The highest BCUT2D eigenvalue weighted by Gasteiger charge is 2.27. The van der Waals surface area contributed by atoms with E-state index in [1.54, 1.807) is 0 Å². The summed E-state index contributed by atoms with van der Waals surface area (Å²) in [6, 6.07) is 0. The molecule has 2 atom stereocenters. The van der Waals surface area contributed by atoms with Gasteiger partial charge in [-0.1, -0.05) is 310 Å². The number of hydrogen-bond acceptors (Lipinski definition) is 7. The van der Waals surface area contributed by atoms with Crippen LogP contribution < -0.4 is 0 Å². The summed E-state index contributed by atoms with van der Waals surface area (Å²) in [5, 5.41) is 0. The van der Waals surface area contributed by atoms with Crippen molar-refractivity contribution in [3.8, 4) is 0 Å². The fourth-order valence-corrected chi connectivity index (χ4v) is 10.1. The number of likely N-dealkylation sites (N-methyl/N-ethyl adjacent to an activating group) is 1. The lowest BCUT2D eigenvalue weighted by molar-refractivity contribution is -0.870. The molecule has 0 saturated carbocycles. The number of nitrogens with zero attached hydrogens (tertiary/aromatic N) is 1. The predicted octanol–water partition coefficient (Wildman–Crippen LogP) is 25.2. The molecule has 2 unspecified atom stereocenters. The van der Waals surface area contributed by atoms with Gasteiger partial charge < -0.3 is 18.9 Å². The van der Waals surface area contributed by atoms with Crippen molar-refractivity contribution in [1.82, 2.24) is 0 Å². The van der Waals surface area contributed by atoms with Gasteiger partial charge in [-0.05, 0) is 154 Å². The van der Waals surface area contributed by atoms with E-state index in [-0.39, 0.29) is 26.1 Å². The van der Waals surface area contributed by atoms with Gasteiger partial charge in [0, 0.05) is 12.8 Å². The van der Waals surface area contributed by atoms with E-state index in [2.05, 4.69) is 233 Å². The number of ether oxygens (including phenoxy) is 2. The Hall–Kier alpha value is -5.67. The number of carbonyl (C=O) groups excluding carboxylic acids is 2. The lowest BCUT2D eigenvalue weighted by atomic mass is 10.0. The van der Waals surface area contributed by atoms with E-state index < -0.39 is 32.5 Å². The Labute approximate surface area is 588 Å². The molecule has 0 bridgehead atoms. The van der Waals surface area contributed by atoms with Gasteiger partial charge in [0.15, 0.2) is 6.10 Å². The minimum absolute atomic E-state index is 0.0145. The zero-order chi connectivity index (χ0) is 69.7. The lowest BCUT2D eigenvalue weighted by Crippen LogP contribution is -2.37. The van der Waals surface area contributed by atoms with Crippen molar-refractivity contribution in [3.63, 3.8) is 0 Å². The van der Waals surface area contributed by atoms with Crippen LogP contribution in [0.4, 0.5) is 0 Å². The van der Waals surface area contributed by atoms with Crippen LogP contribution >= 0.6 is 7.82 Å². The van der Waals surface area contributed by atoms with Crippen LogP contribution in [-0.2, 0) is 32.7 Å². The van der Waals surface area contributed by atoms with E-state index in [0.29, 0.717) is 23.9 Å². The summed E-state index contributed by atoms with van der Waals surface area (Å²) in [6.45, 7) is 4.14. The van der Waals surface area contributed by atoms with E-state index in [1.807, 2.05) is 21.1 Å². The maximum absolute atomic E-state index is 12.9. The monoisotopic (exact) mass is 1340 g/mol. The van der Waals surface area contributed by atoms with Gasteiger partial charge in [0.1, 0.15) is 19.8 Å². The number of carbonyl (C=O) groups is 2. The predicted molar refractivity (Wildman–Crippen MR) is 417 cm³/mol. The quantitative estimate of drug-likeness (QED) is 0.0211. The zero-order valence-electron chi connectivity index (χ0n) is 61.3. The molecule has 0 radical (unpaired) electrons. The molecule has 0 saturated heterocycles. The third kappa shape index (κ3) is 77.3. The van der Waals surface area contributed by atoms with Gasteiger partial charge in [0.2, 0.25) is 0 Å². The molecule has 1 N–H and O–H groups in total. The van der Waals surface area contributed by atoms with Crippen LogP contribution in [0, 0.1) is 0 Å². The Morgan fingerprint density at radius 2 is 0.562 bits per heavy atom. The first kappa shape index (κ1) is 90.3. The Morgan fingerprint density at radius 1 is 0.323 bits per heavy atom. The van der Waals surface area contributed by atoms with Crippen molar-refractivity contribution in [2.75, 3.05) is 47.5 Å². The van der Waals surface area contributed by atoms with Gasteiger partial charge in [-0.15, -0.1) is 0 Å². The number of hydrogen-bond donors (Lipinski definition) is 1. The standard InChI is InChI=1S/C86H136NO8P/c1-6-8-10-12-14-16-18-20-22-24-26-28-30-32-34-36-38-39-40-41-42-43-44-45-46-47-49-51-53-55-57-59-61-63-65-67-69-71-73-75-77-79-86(89)95-84(83-94-96(90,91)93-81-80-87(3,4)5)82-92-85(88)78-76-74-72-70-68-66-64-62-60-58-56-54-52-50-48-37-35-33-31-29-27-25-23-21-19-17-15-13-11-9-7-2/h8-11,14-17,20-23,26-29,32-35,38-39,41-42,44-45,47-50,54,56,60,62,66,68,84H,6-7,12-13,18-19,24-25,30-31,36-37,40,43,46,51-53,55,57-59,61,63-65,67,69-83H2,1-5H3/p+1/b10-8-,11-9-,16-14-,17-15-,22-20-,23-21-,28-26-,29-27-,34-32-,35-33-,39-38-,42-41-,45-44-,49-47-,50-48-,56-54-,62-60-,68-66-. The SMILES string of the molecule is CC/C=C\C/C=C\C/C=C\C/C=C\C/C=C\C/C=C\C/C=C\C/C=C\C/C=C\CCCCCCCCCCCCCCCC(=O)OC(COC(=O)CCCCC/C=C\C/C=C\C/C=C\C/C=C\C/C=C\C/C=C\C/C=C\C/C=C\C/C=C\CC)COP(=O)(O)OCC[N+](C)(C)C. The second-order valence-electron chi connectivity index (χ2n) is 25.2. The number of quaternary nitrogens is 1. The summed E-state index contributed by atoms with van der Waals surface area (Å²) in [5.41, 5.74) is 0. The first-order valence-electron chi connectivity index (χ1n) is 37.5. The normalized spacial score (nSPS) is 14.4. The smallest absolute Gasteiger partial charge is 0.462 e. The third-order valence-corrected chi connectivity index (χ3v) is 16.0. The molecule has 0 aromatic rings. The maximum atomic E-state index is 12.9. The van der Waals surface area contributed by atoms with Crippen LogP contribution in [0.2, 0.25) is 0 Å². The van der Waals surface area contributed by atoms with Crippen molar-refractivity contribution in [1.29, 1.82) is 0 Å². The second kappa shape index (κ2) is 73.6. The fraction of sp³-hybridized carbons (Fsp3) is 0.558. The van der Waals surface area contributed by atoms with Crippen molar-refractivity contribution >= 4 is 19.8 Å². The van der Waals surface area contributed by atoms with Crippen LogP contribution in [0.1, 0.15) is 258 Å². The van der Waals surface area contributed by atoms with E-state index in [1.165, 1.54) is 64.2 Å². The largest absolute Gasteiger partial charge is 0.472 e. The molecule has 0 aliphatic heterocycles. The van der Waals surface area contributed by atoms with Gasteiger partial charge in [-0.3, -0.25) is 18.6 Å². The number of phosphoric acid groups is 1. The summed E-state index contributed by atoms with van der Waals surface area (Å²) in [4.78, 5) is 35.9. The molecule has 0 aliphatic rings. The molecule has 0 aromatic heterocycles. The van der Waals surface area contributed by atoms with Gasteiger partial charge in [-0.2, -0.15) is 0 Å². The number of allylic oxidation sites excluding steroid dienone is 36. The average Bonchev–Trinajstić information content (AvgIpc) is 2.54. The first-order chi connectivity index (χ1) is 47.0. The summed E-state index contributed by atoms with van der Waals surface area (Å²) < 4.78 is 34.7. The van der Waals surface area contributed by atoms with Crippen LogP contribution in [0.25, 0.3) is 0 Å². The van der Waals surface area contributed by atoms with Crippen LogP contribution in [0.15, 0.2) is 219 Å².